The normalized spacial score (nSPS) is 13.0. The van der Waals surface area contributed by atoms with Gasteiger partial charge in [-0.2, -0.15) is 4.98 Å². The molecule has 0 saturated heterocycles. The van der Waals surface area contributed by atoms with Crippen LogP contribution in [-0.2, 0) is 9.59 Å². The molecule has 0 unspecified atom stereocenters. The molecule has 2 aliphatic carbocycles. The second-order valence-electron chi connectivity index (χ2n) is 6.29. The van der Waals surface area contributed by atoms with E-state index in [2.05, 4.69) is 39.7 Å². The molecule has 0 radical (unpaired) electrons. The van der Waals surface area contributed by atoms with Crippen LogP contribution in [0.1, 0.15) is 20.3 Å². The average molecular weight is 409 g/mol. The highest BCUT2D eigenvalue weighted by molar-refractivity contribution is 5.74. The Hall–Kier alpha value is -4.05. The van der Waals surface area contributed by atoms with Crippen LogP contribution < -0.4 is 26.4 Å². The summed E-state index contributed by atoms with van der Waals surface area (Å²) < 4.78 is 11.0. The number of nitrogen functional groups attached to an aromatic ring is 1. The van der Waals surface area contributed by atoms with E-state index in [4.69, 9.17) is 15.3 Å². The van der Waals surface area contributed by atoms with Crippen LogP contribution in [0.2, 0.25) is 0 Å². The molecule has 0 aliphatic heterocycles. The second-order valence-corrected chi connectivity index (χ2v) is 6.29. The van der Waals surface area contributed by atoms with Gasteiger partial charge >= 0.3 is 17.6 Å². The number of nitrogens with two attached hydrogens (primary N) is 1. The number of carbonyl (C=O) groups excluding carboxylic acids is 2. The van der Waals surface area contributed by atoms with E-state index < -0.39 is 17.6 Å². The van der Waals surface area contributed by atoms with Crippen molar-refractivity contribution in [3.05, 3.63) is 70.5 Å². The van der Waals surface area contributed by atoms with Gasteiger partial charge < -0.3 is 9.47 Å². The Morgan fingerprint density at radius 1 is 1.07 bits per heavy atom. The summed E-state index contributed by atoms with van der Waals surface area (Å²) in [4.78, 5) is 41.6. The molecule has 1 aromatic carbocycles. The quantitative estimate of drug-likeness (QED) is 0.333. The van der Waals surface area contributed by atoms with Crippen molar-refractivity contribution < 1.29 is 19.1 Å². The number of fused-ring (bicyclic) bond motifs is 2. The zero-order chi connectivity index (χ0) is 21.7. The monoisotopic (exact) mass is 409 g/mol. The van der Waals surface area contributed by atoms with E-state index in [0.717, 1.165) is 4.57 Å². The van der Waals surface area contributed by atoms with E-state index in [1.165, 1.54) is 55.9 Å². The number of anilines is 1. The van der Waals surface area contributed by atoms with Crippen LogP contribution in [0.5, 0.6) is 11.5 Å². The molecule has 2 aromatic rings. The highest BCUT2D eigenvalue weighted by atomic mass is 16.6. The van der Waals surface area contributed by atoms with Gasteiger partial charge in [-0.15, -0.1) is 0 Å². The first-order valence-corrected chi connectivity index (χ1v) is 8.87. The Balaban J connectivity index is 0.000000302. The van der Waals surface area contributed by atoms with Crippen LogP contribution >= 0.6 is 0 Å². The zero-order valence-electron chi connectivity index (χ0n) is 16.3. The molecule has 0 amide bonds. The van der Waals surface area contributed by atoms with Gasteiger partial charge in [0.2, 0.25) is 5.95 Å². The van der Waals surface area contributed by atoms with Crippen molar-refractivity contribution in [2.24, 2.45) is 5.84 Å². The van der Waals surface area contributed by atoms with Crippen LogP contribution in [0.15, 0.2) is 64.8 Å². The summed E-state index contributed by atoms with van der Waals surface area (Å²) >= 11 is 0. The second kappa shape index (κ2) is 8.97. The summed E-state index contributed by atoms with van der Waals surface area (Å²) in [6.07, 6.45) is 11.1. The van der Waals surface area contributed by atoms with Gasteiger partial charge in [-0.25, -0.2) is 15.6 Å². The molecule has 0 atom stereocenters. The van der Waals surface area contributed by atoms with E-state index in [0.29, 0.717) is 5.69 Å². The molecule has 10 nitrogen and oxygen atoms in total. The molecule has 0 spiro atoms. The van der Waals surface area contributed by atoms with Crippen LogP contribution in [0.25, 0.3) is 5.69 Å². The van der Waals surface area contributed by atoms with Crippen molar-refractivity contribution in [2.75, 3.05) is 5.43 Å². The third-order valence-corrected chi connectivity index (χ3v) is 3.98. The Morgan fingerprint density at radius 2 is 1.70 bits per heavy atom. The van der Waals surface area contributed by atoms with Gasteiger partial charge in [0.15, 0.2) is 11.5 Å². The Kier molecular flexibility index (Phi) is 6.18. The Labute approximate surface area is 171 Å². The lowest BCUT2D eigenvalue weighted by Gasteiger charge is -2.11. The third-order valence-electron chi connectivity index (χ3n) is 3.98. The van der Waals surface area contributed by atoms with Crippen molar-refractivity contribution in [1.82, 2.24) is 14.5 Å². The number of hydrogen-bond donors (Lipinski definition) is 2. The molecule has 10 heteroatoms. The molecule has 4 rings (SSSR count). The maximum atomic E-state index is 11.9. The smallest absolute Gasteiger partial charge is 0.356 e. The minimum Gasteiger partial charge on any atom is -0.423 e. The minimum atomic E-state index is -0.651. The van der Waals surface area contributed by atoms with Crippen LogP contribution in [-0.4, -0.2) is 26.5 Å². The summed E-state index contributed by atoms with van der Waals surface area (Å²) in [5, 5.41) is 0. The molecule has 154 valence electrons. The number of aromatic nitrogens is 3. The summed E-state index contributed by atoms with van der Waals surface area (Å²) in [5.41, 5.74) is 4.75. The summed E-state index contributed by atoms with van der Waals surface area (Å²) in [5.74, 6) is 3.93. The Bertz CT molecular complexity index is 1130. The van der Waals surface area contributed by atoms with Crippen LogP contribution in [0, 0.1) is 0 Å². The lowest BCUT2D eigenvalue weighted by atomic mass is 10.2. The van der Waals surface area contributed by atoms with Gasteiger partial charge in [-0.05, 0) is 29.7 Å². The molecule has 1 aromatic heterocycles. The van der Waals surface area contributed by atoms with Gasteiger partial charge in [0, 0.05) is 19.9 Å². The molecule has 1 heterocycles. The van der Waals surface area contributed by atoms with Gasteiger partial charge in [0.05, 0.1) is 5.69 Å². The zero-order valence-corrected chi connectivity index (χ0v) is 16.3. The van der Waals surface area contributed by atoms with Crippen molar-refractivity contribution in [3.63, 3.8) is 0 Å². The molecule has 2 bridgehead atoms. The molecule has 30 heavy (non-hydrogen) atoms. The van der Waals surface area contributed by atoms with Crippen molar-refractivity contribution >= 4 is 17.9 Å². The van der Waals surface area contributed by atoms with Gasteiger partial charge in [0.1, 0.15) is 6.33 Å². The van der Waals surface area contributed by atoms with Gasteiger partial charge in [-0.1, -0.05) is 24.3 Å². The topological polar surface area (TPSA) is 138 Å². The number of nitrogens with one attached hydrogen (secondary N) is 1. The van der Waals surface area contributed by atoms with Crippen LogP contribution in [0.3, 0.4) is 0 Å². The number of allylic oxidation sites excluding steroid dienone is 6. The number of nitrogens with zero attached hydrogens (tertiary/aromatic N) is 3. The number of hydrogen-bond acceptors (Lipinski definition) is 9. The van der Waals surface area contributed by atoms with Gasteiger partial charge in [-0.3, -0.25) is 19.6 Å². The van der Waals surface area contributed by atoms with E-state index in [1.807, 2.05) is 0 Å². The fourth-order valence-corrected chi connectivity index (χ4v) is 2.71. The summed E-state index contributed by atoms with van der Waals surface area (Å²) in [7, 11) is 0. The molecule has 3 N–H and O–H groups in total. The minimum absolute atomic E-state index is 0.0156. The first-order chi connectivity index (χ1) is 14.4. The average Bonchev–Trinajstić information content (AvgIpc) is 3.35. The highest BCUT2D eigenvalue weighted by Gasteiger charge is 2.13. The predicted molar refractivity (Wildman–Crippen MR) is 108 cm³/mol. The van der Waals surface area contributed by atoms with E-state index >= 15 is 0 Å². The molecule has 2 aliphatic rings. The molecular weight excluding hydrogens is 390 g/mol. The van der Waals surface area contributed by atoms with E-state index in [1.54, 1.807) is 0 Å². The standard InChI is InChI=1S/C13H13N5O5.C7H6/c1-7(19)22-10-4-3-9(5-11(10)23-8(2)20)18-6-15-12(17-14)16-13(18)21;1-2-7-4-3-6(1)5-7/h3-6H,14H2,1-2H3,(H,16,17,21);1-4H,5H2. The summed E-state index contributed by atoms with van der Waals surface area (Å²) in [6.45, 7) is 2.41. The SMILES string of the molecule is C1=CC2=CC=C1C2.CC(=O)Oc1ccc(-n2cnc(NN)nc2=O)cc1OC(C)=O. The van der Waals surface area contributed by atoms with Crippen molar-refractivity contribution in [3.8, 4) is 17.2 Å². The third kappa shape index (κ3) is 5.06. The molecular formula is C20H19N5O5. The van der Waals surface area contributed by atoms with E-state index in [9.17, 15) is 14.4 Å². The number of rotatable bonds is 4. The first kappa shape index (κ1) is 20.7. The largest absolute Gasteiger partial charge is 0.423 e. The lowest BCUT2D eigenvalue weighted by molar-refractivity contribution is -0.134. The number of carbonyl (C=O) groups is 2. The Morgan fingerprint density at radius 3 is 2.17 bits per heavy atom. The number of hydrazine groups is 1. The van der Waals surface area contributed by atoms with Crippen LogP contribution in [0.4, 0.5) is 5.95 Å². The fraction of sp³-hybridized carbons (Fsp3) is 0.150. The first-order valence-electron chi connectivity index (χ1n) is 8.87. The van der Waals surface area contributed by atoms with Gasteiger partial charge in [0.25, 0.3) is 0 Å². The van der Waals surface area contributed by atoms with E-state index in [-0.39, 0.29) is 17.4 Å². The van der Waals surface area contributed by atoms with Crippen molar-refractivity contribution in [2.45, 2.75) is 20.3 Å². The number of ether oxygens (including phenoxy) is 2. The lowest BCUT2D eigenvalue weighted by Crippen LogP contribution is -2.25. The molecule has 0 fully saturated rings. The number of benzene rings is 1. The fourth-order valence-electron chi connectivity index (χ4n) is 2.71. The van der Waals surface area contributed by atoms with Crippen molar-refractivity contribution in [1.29, 1.82) is 0 Å². The number of esters is 2. The maximum Gasteiger partial charge on any atom is 0.356 e. The summed E-state index contributed by atoms with van der Waals surface area (Å²) in [6, 6.07) is 4.21. The highest BCUT2D eigenvalue weighted by Crippen LogP contribution is 2.30. The molecule has 0 saturated carbocycles. The maximum absolute atomic E-state index is 11.9. The predicted octanol–water partition coefficient (Wildman–Crippen LogP) is 1.58.